The summed E-state index contributed by atoms with van der Waals surface area (Å²) >= 11 is 0.643. The minimum atomic E-state index is 0.553. The zero-order chi connectivity index (χ0) is 11.6. The average molecular weight is 283 g/mol. The van der Waals surface area contributed by atoms with Gasteiger partial charge in [0.05, 0.1) is 0 Å². The number of benzene rings is 1. The van der Waals surface area contributed by atoms with Crippen LogP contribution in [-0.4, -0.2) is 22.1 Å². The fourth-order valence-electron chi connectivity index (χ4n) is 2.32. The van der Waals surface area contributed by atoms with Gasteiger partial charge in [-0.1, -0.05) is 0 Å². The summed E-state index contributed by atoms with van der Waals surface area (Å²) in [6.45, 7) is 4.73. The monoisotopic (exact) mass is 284 g/mol. The molecule has 0 fully saturated rings. The molecule has 16 heavy (non-hydrogen) atoms. The van der Waals surface area contributed by atoms with Gasteiger partial charge in [-0.3, -0.25) is 0 Å². The molecule has 1 nitrogen and oxygen atoms in total. The molecule has 1 aromatic rings. The molecule has 1 heterocycles. The van der Waals surface area contributed by atoms with E-state index >= 15 is 0 Å². The molecule has 0 amide bonds. The van der Waals surface area contributed by atoms with Gasteiger partial charge in [0.2, 0.25) is 0 Å². The quantitative estimate of drug-likeness (QED) is 0.772. The van der Waals surface area contributed by atoms with Crippen molar-refractivity contribution in [3.05, 3.63) is 23.8 Å². The number of hydrogen-bond acceptors (Lipinski definition) is 1. The number of hydrogen-bond donors (Lipinski definition) is 0. The van der Waals surface area contributed by atoms with Gasteiger partial charge in [0.1, 0.15) is 0 Å². The van der Waals surface area contributed by atoms with Crippen molar-refractivity contribution in [2.24, 2.45) is 0 Å². The van der Waals surface area contributed by atoms with E-state index in [0.717, 1.165) is 5.75 Å². The third-order valence-electron chi connectivity index (χ3n) is 3.25. The second-order valence-corrected chi connectivity index (χ2v) is 8.22. The van der Waals surface area contributed by atoms with Crippen LogP contribution in [0, 0.1) is 0 Å². The van der Waals surface area contributed by atoms with Gasteiger partial charge in [0.25, 0.3) is 0 Å². The van der Waals surface area contributed by atoms with Crippen LogP contribution in [0.5, 0.6) is 5.75 Å². The van der Waals surface area contributed by atoms with Crippen molar-refractivity contribution in [2.75, 3.05) is 7.11 Å². The Hall–Kier alpha value is -0.461. The third kappa shape index (κ3) is 2.44. The molecule has 0 saturated carbocycles. The Balaban J connectivity index is 2.13. The van der Waals surface area contributed by atoms with E-state index in [1.165, 1.54) is 31.2 Å². The summed E-state index contributed by atoms with van der Waals surface area (Å²) in [7, 11) is 1.75. The summed E-state index contributed by atoms with van der Waals surface area (Å²) in [4.78, 5) is 0. The molecular formula is C14H20OSe. The Bertz CT molecular complexity index is 375. The van der Waals surface area contributed by atoms with E-state index in [0.29, 0.717) is 19.3 Å². The summed E-state index contributed by atoms with van der Waals surface area (Å²) in [6.07, 6.45) is 5.30. The molecule has 0 bridgehead atoms. The first-order valence-corrected chi connectivity index (χ1v) is 7.74. The maximum absolute atomic E-state index is 5.30. The number of methoxy groups -OCH3 is 1. The van der Waals surface area contributed by atoms with Crippen LogP contribution in [-0.2, 0) is 6.42 Å². The van der Waals surface area contributed by atoms with Gasteiger partial charge in [-0.2, -0.15) is 0 Å². The van der Waals surface area contributed by atoms with E-state index in [2.05, 4.69) is 32.0 Å². The standard InChI is InChI=1S/C14H20OSe/c1-4-5-8-14(2)10-11-9-12(15-3)6-7-13(11)16-14/h6-7,9H,4-5,8,10H2,1-3H3. The molecule has 2 rings (SSSR count). The second-order valence-electron chi connectivity index (χ2n) is 4.81. The fraction of sp³-hybridized carbons (Fsp3) is 0.571. The predicted octanol–water partition coefficient (Wildman–Crippen LogP) is 2.95. The van der Waals surface area contributed by atoms with Crippen LogP contribution in [0.1, 0.15) is 38.7 Å². The molecular weight excluding hydrogens is 263 g/mol. The SMILES string of the molecule is CCCCC1(C)Cc2cc(OC)ccc2[Se]1. The topological polar surface area (TPSA) is 9.23 Å². The number of rotatable bonds is 4. The molecule has 1 aromatic carbocycles. The Morgan fingerprint density at radius 3 is 2.94 bits per heavy atom. The van der Waals surface area contributed by atoms with Crippen LogP contribution in [0.15, 0.2) is 18.2 Å². The van der Waals surface area contributed by atoms with Gasteiger partial charge in [-0.05, 0) is 0 Å². The van der Waals surface area contributed by atoms with Crippen molar-refractivity contribution < 1.29 is 4.74 Å². The molecule has 1 aliphatic rings. The molecule has 1 unspecified atom stereocenters. The van der Waals surface area contributed by atoms with Gasteiger partial charge in [-0.15, -0.1) is 0 Å². The van der Waals surface area contributed by atoms with Crippen LogP contribution < -0.4 is 9.20 Å². The van der Waals surface area contributed by atoms with Crippen molar-refractivity contribution in [1.82, 2.24) is 0 Å². The van der Waals surface area contributed by atoms with Gasteiger partial charge in [0.15, 0.2) is 0 Å². The first-order valence-electron chi connectivity index (χ1n) is 6.03. The molecule has 0 aliphatic carbocycles. The van der Waals surface area contributed by atoms with E-state index in [4.69, 9.17) is 4.74 Å². The summed E-state index contributed by atoms with van der Waals surface area (Å²) in [5.41, 5.74) is 1.53. The van der Waals surface area contributed by atoms with E-state index < -0.39 is 0 Å². The Labute approximate surface area is 105 Å². The first kappa shape index (κ1) is 12.0. The van der Waals surface area contributed by atoms with E-state index in [1.54, 1.807) is 11.6 Å². The molecule has 0 radical (unpaired) electrons. The van der Waals surface area contributed by atoms with E-state index in [1.807, 2.05) is 0 Å². The number of ether oxygens (including phenoxy) is 1. The fourth-order valence-corrected chi connectivity index (χ4v) is 5.26. The summed E-state index contributed by atoms with van der Waals surface area (Å²) in [5, 5.41) is 0. The predicted molar refractivity (Wildman–Crippen MR) is 70.0 cm³/mol. The molecule has 0 spiro atoms. The molecule has 1 atom stereocenters. The van der Waals surface area contributed by atoms with Crippen molar-refractivity contribution in [1.29, 1.82) is 0 Å². The second kappa shape index (κ2) is 4.81. The van der Waals surface area contributed by atoms with Crippen LogP contribution >= 0.6 is 0 Å². The molecule has 1 aliphatic heterocycles. The van der Waals surface area contributed by atoms with E-state index in [9.17, 15) is 0 Å². The summed E-state index contributed by atoms with van der Waals surface area (Å²) in [5.74, 6) is 1.01. The van der Waals surface area contributed by atoms with Gasteiger partial charge in [-0.25, -0.2) is 0 Å². The van der Waals surface area contributed by atoms with Crippen LogP contribution in [0.25, 0.3) is 0 Å². The molecule has 0 N–H and O–H groups in total. The van der Waals surface area contributed by atoms with Crippen LogP contribution in [0.3, 0.4) is 0 Å². The third-order valence-corrected chi connectivity index (χ3v) is 6.31. The Morgan fingerprint density at radius 1 is 1.44 bits per heavy atom. The zero-order valence-electron chi connectivity index (χ0n) is 10.4. The maximum atomic E-state index is 5.30. The average Bonchev–Trinajstić information content (AvgIpc) is 2.62. The van der Waals surface area contributed by atoms with Gasteiger partial charge in [0, 0.05) is 0 Å². The Morgan fingerprint density at radius 2 is 2.25 bits per heavy atom. The molecule has 88 valence electrons. The normalized spacial score (nSPS) is 23.2. The van der Waals surface area contributed by atoms with Gasteiger partial charge < -0.3 is 0 Å². The molecule has 0 aromatic heterocycles. The van der Waals surface area contributed by atoms with Crippen LogP contribution in [0.2, 0.25) is 4.31 Å². The summed E-state index contributed by atoms with van der Waals surface area (Å²) in [6, 6.07) is 6.60. The number of fused-ring (bicyclic) bond motifs is 1. The zero-order valence-corrected chi connectivity index (χ0v) is 12.1. The van der Waals surface area contributed by atoms with Crippen molar-refractivity contribution >= 4 is 19.4 Å². The molecule has 0 saturated heterocycles. The number of unbranched alkanes of at least 4 members (excludes halogenated alkanes) is 1. The summed E-state index contributed by atoms with van der Waals surface area (Å²) < 4.78 is 7.44. The van der Waals surface area contributed by atoms with Crippen molar-refractivity contribution in [3.8, 4) is 5.75 Å². The van der Waals surface area contributed by atoms with Crippen molar-refractivity contribution in [2.45, 2.75) is 43.8 Å². The minimum absolute atomic E-state index is 0.553. The van der Waals surface area contributed by atoms with Crippen molar-refractivity contribution in [3.63, 3.8) is 0 Å². The molecule has 2 heteroatoms. The van der Waals surface area contributed by atoms with Gasteiger partial charge >= 0.3 is 105 Å². The van der Waals surface area contributed by atoms with Crippen LogP contribution in [0.4, 0.5) is 0 Å². The first-order chi connectivity index (χ1) is 7.67. The van der Waals surface area contributed by atoms with E-state index in [-0.39, 0.29) is 0 Å². The Kier molecular flexibility index (Phi) is 3.61.